The number of hydrogen-bond donors (Lipinski definition) is 3. The molecule has 0 saturated heterocycles. The minimum Gasteiger partial charge on any atom is -0.497 e. The van der Waals surface area contributed by atoms with Gasteiger partial charge in [0.05, 0.1) is 12.8 Å². The van der Waals surface area contributed by atoms with E-state index in [0.717, 1.165) is 27.4 Å². The maximum absolute atomic E-state index is 11.8. The summed E-state index contributed by atoms with van der Waals surface area (Å²) < 4.78 is 11.0. The van der Waals surface area contributed by atoms with Gasteiger partial charge in [-0.3, -0.25) is 5.43 Å². The van der Waals surface area contributed by atoms with Gasteiger partial charge >= 0.3 is 6.03 Å². The van der Waals surface area contributed by atoms with Crippen LogP contribution in [0.2, 0.25) is 0 Å². The largest absolute Gasteiger partial charge is 0.497 e. The third-order valence-corrected chi connectivity index (χ3v) is 4.33. The summed E-state index contributed by atoms with van der Waals surface area (Å²) in [6.07, 6.45) is 1.62. The zero-order valence-corrected chi connectivity index (χ0v) is 16.1. The predicted octanol–water partition coefficient (Wildman–Crippen LogP) is 2.30. The Balaban J connectivity index is 1.81. The average molecular weight is 394 g/mol. The Morgan fingerprint density at radius 1 is 1.17 bits per heavy atom. The van der Waals surface area contributed by atoms with Crippen LogP contribution in [0.1, 0.15) is 11.1 Å². The Labute approximate surface area is 168 Å². The van der Waals surface area contributed by atoms with Crippen molar-refractivity contribution in [1.29, 1.82) is 0 Å². The monoisotopic (exact) mass is 394 g/mol. The van der Waals surface area contributed by atoms with Crippen LogP contribution in [0, 0.1) is 6.92 Å². The second-order valence-corrected chi connectivity index (χ2v) is 6.13. The van der Waals surface area contributed by atoms with Crippen LogP contribution in [0.5, 0.6) is 11.6 Å². The van der Waals surface area contributed by atoms with E-state index in [-0.39, 0.29) is 6.61 Å². The third kappa shape index (κ3) is 4.60. The first-order valence-electron chi connectivity index (χ1n) is 8.77. The van der Waals surface area contributed by atoms with Gasteiger partial charge in [0.15, 0.2) is 5.82 Å². The molecule has 0 aliphatic heterocycles. The van der Waals surface area contributed by atoms with Gasteiger partial charge < -0.3 is 9.47 Å². The van der Waals surface area contributed by atoms with Gasteiger partial charge in [-0.15, -0.1) is 0 Å². The van der Waals surface area contributed by atoms with Crippen LogP contribution in [0.4, 0.5) is 10.5 Å². The number of methoxy groups -OCH3 is 1. The molecule has 0 aliphatic rings. The molecule has 0 saturated carbocycles. The summed E-state index contributed by atoms with van der Waals surface area (Å²) in [5, 5.41) is 0.939. The van der Waals surface area contributed by atoms with E-state index in [2.05, 4.69) is 9.97 Å². The molecule has 3 rings (SSSR count). The molecule has 0 aliphatic carbocycles. The third-order valence-electron chi connectivity index (χ3n) is 4.33. The zero-order valence-electron chi connectivity index (χ0n) is 16.1. The Bertz CT molecular complexity index is 994. The number of hydrazine groups is 2. The minimum atomic E-state index is -0.638. The topological polar surface area (TPSA) is 129 Å². The molecule has 1 heterocycles. The van der Waals surface area contributed by atoms with Crippen molar-refractivity contribution in [3.05, 3.63) is 65.9 Å². The van der Waals surface area contributed by atoms with Gasteiger partial charge in [0, 0.05) is 23.4 Å². The number of nitrogens with zero attached hydrogens (tertiary/aromatic N) is 3. The fraction of sp³-hybridized carbons (Fsp3) is 0.150. The van der Waals surface area contributed by atoms with Crippen LogP contribution >= 0.6 is 0 Å². The van der Waals surface area contributed by atoms with Crippen LogP contribution in [0.15, 0.2) is 54.7 Å². The van der Waals surface area contributed by atoms with E-state index < -0.39 is 6.03 Å². The lowest BCUT2D eigenvalue weighted by Crippen LogP contribution is -2.48. The first kappa shape index (κ1) is 20.1. The summed E-state index contributed by atoms with van der Waals surface area (Å²) in [7, 11) is 1.61. The number of carbonyl (C=O) groups is 1. The first-order valence-corrected chi connectivity index (χ1v) is 8.77. The van der Waals surface area contributed by atoms with Crippen molar-refractivity contribution in [3.8, 4) is 23.0 Å². The van der Waals surface area contributed by atoms with Crippen molar-refractivity contribution < 1.29 is 14.3 Å². The van der Waals surface area contributed by atoms with Crippen molar-refractivity contribution in [1.82, 2.24) is 15.4 Å². The van der Waals surface area contributed by atoms with Crippen molar-refractivity contribution in [3.63, 3.8) is 0 Å². The van der Waals surface area contributed by atoms with Crippen molar-refractivity contribution >= 4 is 11.7 Å². The SMILES string of the molecule is COc1ccc(-c2nccc(OCc3c(C)cccc3N(N)C(=O)NN)n2)cc1. The molecule has 0 radical (unpaired) electrons. The fourth-order valence-corrected chi connectivity index (χ4v) is 2.73. The van der Waals surface area contributed by atoms with E-state index in [1.54, 1.807) is 31.5 Å². The Morgan fingerprint density at radius 3 is 2.62 bits per heavy atom. The lowest BCUT2D eigenvalue weighted by Gasteiger charge is -2.21. The Morgan fingerprint density at radius 2 is 1.93 bits per heavy atom. The van der Waals surface area contributed by atoms with E-state index in [0.29, 0.717) is 17.4 Å². The van der Waals surface area contributed by atoms with Crippen LogP contribution in [0.25, 0.3) is 11.4 Å². The van der Waals surface area contributed by atoms with E-state index in [4.69, 9.17) is 21.2 Å². The molecule has 0 bridgehead atoms. The number of benzene rings is 2. The normalized spacial score (nSPS) is 10.3. The molecular weight excluding hydrogens is 372 g/mol. The molecule has 2 amide bonds. The number of ether oxygens (including phenoxy) is 2. The van der Waals surface area contributed by atoms with Crippen LogP contribution in [0.3, 0.4) is 0 Å². The van der Waals surface area contributed by atoms with E-state index >= 15 is 0 Å². The highest BCUT2D eigenvalue weighted by atomic mass is 16.5. The summed E-state index contributed by atoms with van der Waals surface area (Å²) in [5.41, 5.74) is 4.98. The van der Waals surface area contributed by atoms with Gasteiger partial charge in [0.2, 0.25) is 5.88 Å². The van der Waals surface area contributed by atoms with Gasteiger partial charge in [-0.25, -0.2) is 26.5 Å². The predicted molar refractivity (Wildman–Crippen MR) is 109 cm³/mol. The molecule has 0 spiro atoms. The average Bonchev–Trinajstić information content (AvgIpc) is 2.77. The molecule has 9 heteroatoms. The standard InChI is InChI=1S/C20H22N6O3/c1-13-4-3-5-17(26(22)20(27)25-21)16(13)12-29-18-10-11-23-19(24-18)14-6-8-15(28-2)9-7-14/h3-11H,12,21-22H2,1-2H3,(H,25,27). The molecule has 0 unspecified atom stereocenters. The maximum Gasteiger partial charge on any atom is 0.350 e. The van der Waals surface area contributed by atoms with E-state index in [1.807, 2.05) is 42.7 Å². The van der Waals surface area contributed by atoms with Gasteiger partial charge in [-0.2, -0.15) is 4.98 Å². The molecule has 2 aromatic carbocycles. The highest BCUT2D eigenvalue weighted by Crippen LogP contribution is 2.25. The van der Waals surface area contributed by atoms with E-state index in [1.165, 1.54) is 0 Å². The first-order chi connectivity index (χ1) is 14.0. The summed E-state index contributed by atoms with van der Waals surface area (Å²) in [5.74, 6) is 12.7. The highest BCUT2D eigenvalue weighted by molar-refractivity contribution is 5.91. The summed E-state index contributed by atoms with van der Waals surface area (Å²) in [6, 6.07) is 13.9. The van der Waals surface area contributed by atoms with E-state index in [9.17, 15) is 4.79 Å². The van der Waals surface area contributed by atoms with Crippen molar-refractivity contribution in [2.75, 3.05) is 12.1 Å². The summed E-state index contributed by atoms with van der Waals surface area (Å²) in [4.78, 5) is 20.5. The second-order valence-electron chi connectivity index (χ2n) is 6.13. The maximum atomic E-state index is 11.8. The Hall–Kier alpha value is -3.69. The fourth-order valence-electron chi connectivity index (χ4n) is 2.73. The van der Waals surface area contributed by atoms with Gasteiger partial charge in [-0.05, 0) is 42.8 Å². The molecule has 5 N–H and O–H groups in total. The molecule has 0 atom stereocenters. The lowest BCUT2D eigenvalue weighted by molar-refractivity contribution is 0.246. The number of nitrogens with two attached hydrogens (primary N) is 2. The van der Waals surface area contributed by atoms with Crippen molar-refractivity contribution in [2.45, 2.75) is 13.5 Å². The second kappa shape index (κ2) is 9.00. The Kier molecular flexibility index (Phi) is 6.22. The molecule has 3 aromatic rings. The van der Waals surface area contributed by atoms with Crippen LogP contribution < -0.4 is 31.6 Å². The summed E-state index contributed by atoms with van der Waals surface area (Å²) in [6.45, 7) is 2.06. The molecule has 9 nitrogen and oxygen atoms in total. The number of carbonyl (C=O) groups excluding carboxylic acids is 1. The minimum absolute atomic E-state index is 0.159. The highest BCUT2D eigenvalue weighted by Gasteiger charge is 2.16. The van der Waals surface area contributed by atoms with Crippen LogP contribution in [-0.2, 0) is 6.61 Å². The zero-order chi connectivity index (χ0) is 20.8. The van der Waals surface area contributed by atoms with Gasteiger partial charge in [0.1, 0.15) is 12.4 Å². The van der Waals surface area contributed by atoms with Crippen molar-refractivity contribution in [2.24, 2.45) is 11.7 Å². The van der Waals surface area contributed by atoms with Gasteiger partial charge in [-0.1, -0.05) is 12.1 Å². The molecule has 1 aromatic heterocycles. The number of aryl methyl sites for hydroxylation is 1. The lowest BCUT2D eigenvalue weighted by atomic mass is 10.1. The molecule has 0 fully saturated rings. The number of urea groups is 1. The molecular formula is C20H22N6O3. The number of rotatable bonds is 6. The number of nitrogens with one attached hydrogen (secondary N) is 1. The number of amides is 2. The number of hydrogen-bond acceptors (Lipinski definition) is 7. The number of aromatic nitrogens is 2. The molecule has 29 heavy (non-hydrogen) atoms. The van der Waals surface area contributed by atoms with Crippen LogP contribution in [-0.4, -0.2) is 23.1 Å². The smallest absolute Gasteiger partial charge is 0.350 e. The number of anilines is 1. The summed E-state index contributed by atoms with van der Waals surface area (Å²) >= 11 is 0. The van der Waals surface area contributed by atoms with Gasteiger partial charge in [0.25, 0.3) is 0 Å². The molecule has 150 valence electrons. The quantitative estimate of drug-likeness (QED) is 0.332.